The molecule has 1 heterocycles. The fraction of sp³-hybridized carbons (Fsp3) is 0.357. The zero-order valence-corrected chi connectivity index (χ0v) is 11.1. The minimum absolute atomic E-state index is 0.315. The molecule has 1 aliphatic carbocycles. The smallest absolute Gasteiger partial charge is 0.175 e. The predicted octanol–water partition coefficient (Wildman–Crippen LogP) is 4.37. The summed E-state index contributed by atoms with van der Waals surface area (Å²) in [4.78, 5) is 0. The molecule has 1 saturated carbocycles. The van der Waals surface area contributed by atoms with Crippen molar-refractivity contribution in [1.82, 2.24) is 5.16 Å². The van der Waals surface area contributed by atoms with Crippen molar-refractivity contribution < 1.29 is 8.91 Å². The minimum atomic E-state index is -0.369. The second kappa shape index (κ2) is 4.85. The van der Waals surface area contributed by atoms with Crippen LogP contribution in [-0.4, -0.2) is 5.16 Å². The molecule has 19 heavy (non-hydrogen) atoms. The molecule has 1 aromatic carbocycles. The molecule has 0 spiro atoms. The van der Waals surface area contributed by atoms with Crippen molar-refractivity contribution in [2.24, 2.45) is 0 Å². The van der Waals surface area contributed by atoms with E-state index in [1.165, 1.54) is 25.0 Å². The van der Waals surface area contributed by atoms with E-state index in [9.17, 15) is 4.39 Å². The highest BCUT2D eigenvalue weighted by atomic mass is 35.5. The number of nitrogens with zero attached hydrogens (tertiary/aromatic N) is 1. The topological polar surface area (TPSA) is 52.0 Å². The molecule has 1 aliphatic rings. The Morgan fingerprint density at radius 2 is 2.05 bits per heavy atom. The van der Waals surface area contributed by atoms with Gasteiger partial charge in [-0.1, -0.05) is 29.6 Å². The normalized spacial score (nSPS) is 16.1. The molecule has 0 aliphatic heterocycles. The summed E-state index contributed by atoms with van der Waals surface area (Å²) in [5.74, 6) is 1.06. The molecule has 1 aromatic heterocycles. The lowest BCUT2D eigenvalue weighted by Crippen LogP contribution is -1.95. The van der Waals surface area contributed by atoms with Gasteiger partial charge in [0.1, 0.15) is 11.6 Å². The van der Waals surface area contributed by atoms with E-state index in [2.05, 4.69) is 5.16 Å². The van der Waals surface area contributed by atoms with Gasteiger partial charge in [0, 0.05) is 11.5 Å². The average molecular weight is 281 g/mol. The van der Waals surface area contributed by atoms with Gasteiger partial charge in [0.05, 0.1) is 10.6 Å². The fourth-order valence-corrected chi connectivity index (χ4v) is 3.01. The van der Waals surface area contributed by atoms with E-state index >= 15 is 0 Å². The van der Waals surface area contributed by atoms with Gasteiger partial charge in [0.25, 0.3) is 0 Å². The van der Waals surface area contributed by atoms with Gasteiger partial charge in [-0.25, -0.2) is 4.39 Å². The highest BCUT2D eigenvalue weighted by Gasteiger charge is 2.27. The van der Waals surface area contributed by atoms with Crippen molar-refractivity contribution in [3.63, 3.8) is 0 Å². The fourth-order valence-electron chi connectivity index (χ4n) is 2.75. The van der Waals surface area contributed by atoms with Crippen LogP contribution in [0.1, 0.15) is 37.4 Å². The molecule has 0 radical (unpaired) electrons. The van der Waals surface area contributed by atoms with Crippen molar-refractivity contribution in [2.75, 3.05) is 5.73 Å². The predicted molar refractivity (Wildman–Crippen MR) is 72.5 cm³/mol. The molecule has 0 unspecified atom stereocenters. The van der Waals surface area contributed by atoms with Gasteiger partial charge < -0.3 is 10.3 Å². The van der Waals surface area contributed by atoms with Crippen LogP contribution in [0.25, 0.3) is 11.1 Å². The number of hydrogen-bond acceptors (Lipinski definition) is 3. The van der Waals surface area contributed by atoms with Gasteiger partial charge in [0.15, 0.2) is 5.82 Å². The number of nitrogens with two attached hydrogens (primary N) is 1. The van der Waals surface area contributed by atoms with Crippen LogP contribution in [-0.2, 0) is 0 Å². The lowest BCUT2D eigenvalue weighted by Gasteiger charge is -2.09. The van der Waals surface area contributed by atoms with Crippen LogP contribution >= 0.6 is 11.6 Å². The molecule has 2 N–H and O–H groups in total. The summed E-state index contributed by atoms with van der Waals surface area (Å²) < 4.78 is 18.5. The summed E-state index contributed by atoms with van der Waals surface area (Å²) in [6.07, 6.45) is 4.50. The largest absolute Gasteiger partial charge is 0.380 e. The van der Waals surface area contributed by atoms with Crippen LogP contribution in [0.5, 0.6) is 0 Å². The third-order valence-corrected chi connectivity index (χ3v) is 3.98. The standard InChI is InChI=1S/C14H14ClFN2O/c15-11-7-9(16)5-6-10(11)12-13(19-18-14(12)17)8-3-1-2-4-8/h5-8H,1-4H2,(H2,17,18). The summed E-state index contributed by atoms with van der Waals surface area (Å²) >= 11 is 6.11. The zero-order chi connectivity index (χ0) is 13.4. The number of nitrogen functional groups attached to an aromatic ring is 1. The Hall–Kier alpha value is -1.55. The summed E-state index contributed by atoms with van der Waals surface area (Å²) in [6, 6.07) is 4.27. The zero-order valence-electron chi connectivity index (χ0n) is 10.3. The van der Waals surface area contributed by atoms with Crippen LogP contribution < -0.4 is 5.73 Å². The van der Waals surface area contributed by atoms with Crippen molar-refractivity contribution in [2.45, 2.75) is 31.6 Å². The van der Waals surface area contributed by atoms with E-state index in [1.807, 2.05) is 0 Å². The number of rotatable bonds is 2. The average Bonchev–Trinajstić information content (AvgIpc) is 2.99. The molecule has 2 aromatic rings. The third kappa shape index (κ3) is 2.21. The summed E-state index contributed by atoms with van der Waals surface area (Å²) in [6.45, 7) is 0. The number of aromatic nitrogens is 1. The molecule has 0 atom stereocenters. The first-order valence-electron chi connectivity index (χ1n) is 6.37. The highest BCUT2D eigenvalue weighted by Crippen LogP contribution is 2.43. The van der Waals surface area contributed by atoms with E-state index in [-0.39, 0.29) is 5.82 Å². The lowest BCUT2D eigenvalue weighted by molar-refractivity contribution is 0.363. The molecule has 0 amide bonds. The van der Waals surface area contributed by atoms with E-state index in [1.54, 1.807) is 6.07 Å². The van der Waals surface area contributed by atoms with Crippen LogP contribution in [0.15, 0.2) is 22.7 Å². The van der Waals surface area contributed by atoms with Crippen molar-refractivity contribution in [3.05, 3.63) is 34.8 Å². The Labute approximate surface area is 115 Å². The van der Waals surface area contributed by atoms with Crippen LogP contribution in [0.2, 0.25) is 5.02 Å². The van der Waals surface area contributed by atoms with Crippen molar-refractivity contribution >= 4 is 17.4 Å². The SMILES string of the molecule is Nc1noc(C2CCCC2)c1-c1ccc(F)cc1Cl. The van der Waals surface area contributed by atoms with Gasteiger partial charge in [-0.05, 0) is 31.0 Å². The summed E-state index contributed by atoms with van der Waals surface area (Å²) in [5.41, 5.74) is 7.29. The first-order valence-corrected chi connectivity index (χ1v) is 6.75. The van der Waals surface area contributed by atoms with Gasteiger partial charge in [-0.3, -0.25) is 0 Å². The maximum absolute atomic E-state index is 13.1. The van der Waals surface area contributed by atoms with Gasteiger partial charge >= 0.3 is 0 Å². The quantitative estimate of drug-likeness (QED) is 0.888. The second-order valence-corrected chi connectivity index (χ2v) is 5.32. The summed E-state index contributed by atoms with van der Waals surface area (Å²) in [5, 5.41) is 4.18. The molecule has 0 saturated heterocycles. The number of halogens is 2. The van der Waals surface area contributed by atoms with Crippen molar-refractivity contribution in [3.8, 4) is 11.1 Å². The van der Waals surface area contributed by atoms with E-state index in [0.717, 1.165) is 24.2 Å². The Kier molecular flexibility index (Phi) is 3.19. The highest BCUT2D eigenvalue weighted by molar-refractivity contribution is 6.33. The van der Waals surface area contributed by atoms with Crippen LogP contribution in [0, 0.1) is 5.82 Å². The molecule has 3 rings (SSSR count). The van der Waals surface area contributed by atoms with E-state index in [0.29, 0.717) is 22.3 Å². The number of benzene rings is 1. The molecule has 5 heteroatoms. The summed E-state index contributed by atoms with van der Waals surface area (Å²) in [7, 11) is 0. The van der Waals surface area contributed by atoms with Gasteiger partial charge in [-0.15, -0.1) is 0 Å². The lowest BCUT2D eigenvalue weighted by atomic mass is 9.96. The second-order valence-electron chi connectivity index (χ2n) is 4.91. The molecule has 0 bridgehead atoms. The number of anilines is 1. The monoisotopic (exact) mass is 280 g/mol. The first kappa shape index (κ1) is 12.5. The Morgan fingerprint density at radius 3 is 2.74 bits per heavy atom. The first-order chi connectivity index (χ1) is 9.16. The Morgan fingerprint density at radius 1 is 1.32 bits per heavy atom. The van der Waals surface area contributed by atoms with E-state index in [4.69, 9.17) is 21.9 Å². The third-order valence-electron chi connectivity index (χ3n) is 3.67. The molecule has 3 nitrogen and oxygen atoms in total. The van der Waals surface area contributed by atoms with Gasteiger partial charge in [-0.2, -0.15) is 0 Å². The number of hydrogen-bond donors (Lipinski definition) is 1. The maximum Gasteiger partial charge on any atom is 0.175 e. The van der Waals surface area contributed by atoms with Crippen LogP contribution in [0.3, 0.4) is 0 Å². The van der Waals surface area contributed by atoms with Crippen molar-refractivity contribution in [1.29, 1.82) is 0 Å². The molecular weight excluding hydrogens is 267 g/mol. The van der Waals surface area contributed by atoms with Gasteiger partial charge in [0.2, 0.25) is 0 Å². The minimum Gasteiger partial charge on any atom is -0.380 e. The Balaban J connectivity index is 2.10. The van der Waals surface area contributed by atoms with Crippen LogP contribution in [0.4, 0.5) is 10.2 Å². The molecule has 100 valence electrons. The Bertz CT molecular complexity index is 605. The van der Waals surface area contributed by atoms with E-state index < -0.39 is 0 Å². The molecule has 1 fully saturated rings. The molecular formula is C14H14ClFN2O. The maximum atomic E-state index is 13.1.